The molecule has 1 atom stereocenters. The van der Waals surface area contributed by atoms with Gasteiger partial charge in [-0.05, 0) is 43.9 Å². The fraction of sp³-hybridized carbons (Fsp3) is 0.909. The second-order valence-electron chi connectivity index (χ2n) is 7.70. The number of hydrogen-bond donors (Lipinski definition) is 0. The van der Waals surface area contributed by atoms with Crippen LogP contribution in [0.25, 0.3) is 0 Å². The van der Waals surface area contributed by atoms with Crippen LogP contribution in [-0.4, -0.2) is 19.4 Å². The Bertz CT molecular complexity index is 294. The summed E-state index contributed by atoms with van der Waals surface area (Å²) in [4.78, 5) is 0. The minimum Gasteiger partial charge on any atom is -0.375 e. The minimum atomic E-state index is -0.355. The Balaban J connectivity index is 2.09. The van der Waals surface area contributed by atoms with Crippen LogP contribution in [0.3, 0.4) is 0 Å². The number of rotatable bonds is 14. The molecule has 0 bridgehead atoms. The van der Waals surface area contributed by atoms with Crippen LogP contribution in [-0.2, 0) is 4.74 Å². The van der Waals surface area contributed by atoms with E-state index < -0.39 is 0 Å². The van der Waals surface area contributed by atoms with Crippen LogP contribution in [0.5, 0.6) is 0 Å². The molecule has 1 aliphatic rings. The van der Waals surface area contributed by atoms with Gasteiger partial charge in [-0.2, -0.15) is 0 Å². The van der Waals surface area contributed by atoms with Crippen LogP contribution in [0.1, 0.15) is 97.3 Å². The lowest BCUT2D eigenvalue weighted by atomic mass is 9.80. The average Bonchev–Trinajstić information content (AvgIpc) is 2.62. The number of hydrogen-bond acceptors (Lipinski definition) is 1. The molecule has 1 aliphatic carbocycles. The first-order chi connectivity index (χ1) is 11.8. The highest BCUT2D eigenvalue weighted by molar-refractivity contribution is 4.84. The summed E-state index contributed by atoms with van der Waals surface area (Å²) in [5.41, 5.74) is 0. The maximum Gasteiger partial charge on any atom is 0.116 e. The van der Waals surface area contributed by atoms with Crippen molar-refractivity contribution >= 4 is 0 Å². The Labute approximate surface area is 150 Å². The van der Waals surface area contributed by atoms with Gasteiger partial charge in [0.15, 0.2) is 0 Å². The van der Waals surface area contributed by atoms with Crippen molar-refractivity contribution in [2.75, 3.05) is 13.3 Å². The first kappa shape index (κ1) is 21.7. The van der Waals surface area contributed by atoms with E-state index in [9.17, 15) is 4.39 Å². The van der Waals surface area contributed by atoms with Gasteiger partial charge in [0.1, 0.15) is 6.67 Å². The highest BCUT2D eigenvalue weighted by Crippen LogP contribution is 2.32. The molecule has 1 fully saturated rings. The highest BCUT2D eigenvalue weighted by Gasteiger charge is 2.22. The Morgan fingerprint density at radius 1 is 0.917 bits per heavy atom. The molecule has 2 heteroatoms. The van der Waals surface area contributed by atoms with E-state index in [1.807, 2.05) is 0 Å². The normalized spacial score (nSPS) is 23.0. The molecular weight excluding hydrogens is 299 g/mol. The van der Waals surface area contributed by atoms with Crippen molar-refractivity contribution in [3.63, 3.8) is 0 Å². The molecule has 0 aliphatic heterocycles. The van der Waals surface area contributed by atoms with Crippen molar-refractivity contribution < 1.29 is 9.13 Å². The van der Waals surface area contributed by atoms with Gasteiger partial charge in [0, 0.05) is 6.61 Å². The van der Waals surface area contributed by atoms with Gasteiger partial charge in [0.25, 0.3) is 0 Å². The summed E-state index contributed by atoms with van der Waals surface area (Å²) in [5, 5.41) is 0. The molecule has 0 saturated heterocycles. The molecule has 0 aromatic rings. The molecule has 0 amide bonds. The summed E-state index contributed by atoms with van der Waals surface area (Å²) in [5.74, 6) is 1.60. The van der Waals surface area contributed by atoms with E-state index in [0.717, 1.165) is 25.4 Å². The smallest absolute Gasteiger partial charge is 0.116 e. The van der Waals surface area contributed by atoms with Crippen molar-refractivity contribution in [3.05, 3.63) is 12.2 Å². The third kappa shape index (κ3) is 10.5. The third-order valence-corrected chi connectivity index (χ3v) is 5.46. The van der Waals surface area contributed by atoms with Gasteiger partial charge in [0.2, 0.25) is 0 Å². The molecule has 0 spiro atoms. The molecule has 0 N–H and O–H groups in total. The van der Waals surface area contributed by atoms with Gasteiger partial charge in [-0.1, -0.05) is 77.4 Å². The molecule has 24 heavy (non-hydrogen) atoms. The van der Waals surface area contributed by atoms with Crippen molar-refractivity contribution in [2.24, 2.45) is 11.8 Å². The van der Waals surface area contributed by atoms with E-state index in [0.29, 0.717) is 5.92 Å². The molecule has 1 nitrogen and oxygen atoms in total. The molecule has 142 valence electrons. The summed E-state index contributed by atoms with van der Waals surface area (Å²) in [6.45, 7) is 4.90. The zero-order valence-corrected chi connectivity index (χ0v) is 16.3. The molecule has 0 radical (unpaired) electrons. The van der Waals surface area contributed by atoms with Gasteiger partial charge in [-0.3, -0.25) is 0 Å². The van der Waals surface area contributed by atoms with Gasteiger partial charge in [-0.25, -0.2) is 4.39 Å². The molecule has 0 aromatic carbocycles. The largest absolute Gasteiger partial charge is 0.375 e. The Kier molecular flexibility index (Phi) is 13.5. The fourth-order valence-electron chi connectivity index (χ4n) is 3.70. The van der Waals surface area contributed by atoms with Crippen molar-refractivity contribution in [1.82, 2.24) is 0 Å². The molecular formula is C22H41FO. The van der Waals surface area contributed by atoms with Gasteiger partial charge in [-0.15, -0.1) is 0 Å². The zero-order chi connectivity index (χ0) is 17.5. The summed E-state index contributed by atoms with van der Waals surface area (Å²) in [6, 6.07) is 0. The van der Waals surface area contributed by atoms with Gasteiger partial charge >= 0.3 is 0 Å². The lowest BCUT2D eigenvalue weighted by Gasteiger charge is -2.29. The Morgan fingerprint density at radius 2 is 1.58 bits per heavy atom. The van der Waals surface area contributed by atoms with Crippen molar-refractivity contribution in [3.8, 4) is 0 Å². The van der Waals surface area contributed by atoms with Crippen LogP contribution in [0.15, 0.2) is 12.2 Å². The van der Waals surface area contributed by atoms with E-state index in [-0.39, 0.29) is 12.8 Å². The van der Waals surface area contributed by atoms with E-state index in [4.69, 9.17) is 4.74 Å². The predicted octanol–water partition coefficient (Wildman–Crippen LogP) is 7.25. The van der Waals surface area contributed by atoms with Crippen LogP contribution < -0.4 is 0 Å². The molecule has 0 aromatic heterocycles. The van der Waals surface area contributed by atoms with Gasteiger partial charge < -0.3 is 4.74 Å². The lowest BCUT2D eigenvalue weighted by molar-refractivity contribution is 0.00574. The summed E-state index contributed by atoms with van der Waals surface area (Å²) < 4.78 is 19.0. The molecule has 1 saturated carbocycles. The monoisotopic (exact) mass is 340 g/mol. The van der Waals surface area contributed by atoms with E-state index in [1.54, 1.807) is 0 Å². The lowest BCUT2D eigenvalue weighted by Crippen LogP contribution is -2.23. The number of unbranched alkanes of at least 4 members (excludes halogenated alkanes) is 5. The summed E-state index contributed by atoms with van der Waals surface area (Å²) >= 11 is 0. The average molecular weight is 341 g/mol. The maximum atomic E-state index is 13.1. The van der Waals surface area contributed by atoms with E-state index >= 15 is 0 Å². The van der Waals surface area contributed by atoms with Crippen LogP contribution >= 0.6 is 0 Å². The first-order valence-electron chi connectivity index (χ1n) is 10.6. The van der Waals surface area contributed by atoms with Crippen molar-refractivity contribution in [1.29, 1.82) is 0 Å². The third-order valence-electron chi connectivity index (χ3n) is 5.46. The maximum absolute atomic E-state index is 13.1. The van der Waals surface area contributed by atoms with Crippen LogP contribution in [0.2, 0.25) is 0 Å². The topological polar surface area (TPSA) is 9.23 Å². The zero-order valence-electron chi connectivity index (χ0n) is 16.3. The second kappa shape index (κ2) is 14.9. The number of ether oxygens (including phenoxy) is 1. The number of alkyl halides is 1. The molecule has 1 rings (SSSR count). The SMILES string of the molecule is CCCCC/C=C/CC(CF)OCC1CCC(CCCCC)CC1. The predicted molar refractivity (Wildman–Crippen MR) is 103 cm³/mol. The van der Waals surface area contributed by atoms with Crippen LogP contribution in [0.4, 0.5) is 4.39 Å². The minimum absolute atomic E-state index is 0.227. The quantitative estimate of drug-likeness (QED) is 0.239. The van der Waals surface area contributed by atoms with E-state index in [1.165, 1.54) is 70.6 Å². The van der Waals surface area contributed by atoms with Crippen molar-refractivity contribution in [2.45, 2.75) is 103 Å². The first-order valence-corrected chi connectivity index (χ1v) is 10.6. The molecule has 0 heterocycles. The fourth-order valence-corrected chi connectivity index (χ4v) is 3.70. The summed E-state index contributed by atoms with van der Waals surface area (Å²) in [7, 11) is 0. The van der Waals surface area contributed by atoms with Gasteiger partial charge in [0.05, 0.1) is 6.10 Å². The van der Waals surface area contributed by atoms with E-state index in [2.05, 4.69) is 26.0 Å². The second-order valence-corrected chi connectivity index (χ2v) is 7.70. The Morgan fingerprint density at radius 3 is 2.25 bits per heavy atom. The summed E-state index contributed by atoms with van der Waals surface area (Å²) in [6.07, 6.45) is 20.5. The van der Waals surface area contributed by atoms with Crippen LogP contribution in [0, 0.1) is 11.8 Å². The Hall–Kier alpha value is -0.370. The number of halogens is 1. The number of allylic oxidation sites excluding steroid dienone is 1. The molecule has 1 unspecified atom stereocenters. The standard InChI is InChI=1S/C22H41FO/c1-3-5-7-8-9-11-13-22(18-23)24-19-21-16-14-20(15-17-21)12-10-6-4-2/h9,11,20-22H,3-8,10,12-19H2,1-2H3/b11-9+. The highest BCUT2D eigenvalue weighted by atomic mass is 19.1.